The molecule has 0 aliphatic carbocycles. The Morgan fingerprint density at radius 2 is 1.79 bits per heavy atom. The van der Waals surface area contributed by atoms with Crippen LogP contribution in [0.1, 0.15) is 20.3 Å². The summed E-state index contributed by atoms with van der Waals surface area (Å²) >= 11 is 0. The van der Waals surface area contributed by atoms with Gasteiger partial charge in [0.25, 0.3) is 0 Å². The van der Waals surface area contributed by atoms with E-state index in [0.717, 1.165) is 0 Å². The van der Waals surface area contributed by atoms with Gasteiger partial charge in [-0.25, -0.2) is 10.4 Å². The lowest BCUT2D eigenvalue weighted by molar-refractivity contribution is -0.148. The summed E-state index contributed by atoms with van der Waals surface area (Å²) in [5, 5.41) is 19.2. The van der Waals surface area contributed by atoms with Crippen molar-refractivity contribution < 1.29 is 19.8 Å². The van der Waals surface area contributed by atoms with Crippen molar-refractivity contribution in [2.24, 2.45) is 0 Å². The SMILES string of the molecule is CN1N[C@](C)(C(=O)O)C[C@]1(C)C(=O)O. The van der Waals surface area contributed by atoms with E-state index in [4.69, 9.17) is 10.2 Å². The molecule has 1 aliphatic heterocycles. The number of nitrogens with one attached hydrogen (secondary N) is 1. The largest absolute Gasteiger partial charge is 0.480 e. The van der Waals surface area contributed by atoms with Crippen LogP contribution < -0.4 is 5.43 Å². The molecule has 0 spiro atoms. The lowest BCUT2D eigenvalue weighted by atomic mass is 9.88. The van der Waals surface area contributed by atoms with Crippen molar-refractivity contribution >= 4 is 11.9 Å². The van der Waals surface area contributed by atoms with Gasteiger partial charge in [-0.05, 0) is 13.8 Å². The van der Waals surface area contributed by atoms with E-state index in [1.807, 2.05) is 0 Å². The molecule has 0 aromatic rings. The van der Waals surface area contributed by atoms with Gasteiger partial charge in [-0.2, -0.15) is 0 Å². The molecule has 0 aromatic heterocycles. The second-order valence-corrected chi connectivity index (χ2v) is 4.06. The first kappa shape index (κ1) is 10.9. The molecular weight excluding hydrogens is 188 g/mol. The molecule has 1 heterocycles. The lowest BCUT2D eigenvalue weighted by Gasteiger charge is -2.25. The predicted octanol–water partition coefficient (Wildman–Crippen LogP) is -0.487. The van der Waals surface area contributed by atoms with Crippen LogP contribution in [0.5, 0.6) is 0 Å². The predicted molar refractivity (Wildman–Crippen MR) is 47.6 cm³/mol. The van der Waals surface area contributed by atoms with Crippen LogP contribution in [0.2, 0.25) is 0 Å². The highest BCUT2D eigenvalue weighted by atomic mass is 16.4. The van der Waals surface area contributed by atoms with Crippen molar-refractivity contribution in [2.45, 2.75) is 31.3 Å². The minimum atomic E-state index is -1.21. The number of carboxylic acid groups (broad SMARTS) is 2. The molecule has 6 nitrogen and oxygen atoms in total. The van der Waals surface area contributed by atoms with Crippen molar-refractivity contribution in [2.75, 3.05) is 7.05 Å². The first-order valence-electron chi connectivity index (χ1n) is 4.21. The van der Waals surface area contributed by atoms with Gasteiger partial charge < -0.3 is 10.2 Å². The number of rotatable bonds is 2. The van der Waals surface area contributed by atoms with Crippen LogP contribution in [0.25, 0.3) is 0 Å². The normalized spacial score (nSPS) is 38.5. The number of aliphatic carboxylic acids is 2. The molecule has 1 fully saturated rings. The summed E-state index contributed by atoms with van der Waals surface area (Å²) in [5.41, 5.74) is 0.275. The zero-order valence-corrected chi connectivity index (χ0v) is 8.37. The summed E-state index contributed by atoms with van der Waals surface area (Å²) in [4.78, 5) is 21.9. The van der Waals surface area contributed by atoms with Gasteiger partial charge in [-0.1, -0.05) is 0 Å². The smallest absolute Gasteiger partial charge is 0.325 e. The molecule has 0 bridgehead atoms. The number of hydrogen-bond donors (Lipinski definition) is 3. The van der Waals surface area contributed by atoms with Gasteiger partial charge in [0.15, 0.2) is 0 Å². The van der Waals surface area contributed by atoms with Crippen molar-refractivity contribution in [1.29, 1.82) is 0 Å². The number of carboxylic acids is 2. The molecule has 0 aromatic carbocycles. The molecule has 2 atom stereocenters. The number of nitrogens with zero attached hydrogens (tertiary/aromatic N) is 1. The molecule has 14 heavy (non-hydrogen) atoms. The Bertz CT molecular complexity index is 293. The lowest BCUT2D eigenvalue weighted by Crippen LogP contribution is -2.51. The summed E-state index contributed by atoms with van der Waals surface area (Å²) in [6.45, 7) is 2.97. The molecule has 0 unspecified atom stereocenters. The summed E-state index contributed by atoms with van der Waals surface area (Å²) in [6.07, 6.45) is 0.0289. The first-order chi connectivity index (χ1) is 6.22. The Labute approximate surface area is 81.5 Å². The number of carbonyl (C=O) groups is 2. The highest BCUT2D eigenvalue weighted by Crippen LogP contribution is 2.32. The third kappa shape index (κ3) is 1.36. The molecule has 1 rings (SSSR count). The molecule has 0 radical (unpaired) electrons. The maximum atomic E-state index is 11.0. The Hall–Kier alpha value is -1.14. The van der Waals surface area contributed by atoms with E-state index in [1.54, 1.807) is 0 Å². The average molecular weight is 202 g/mol. The van der Waals surface area contributed by atoms with Gasteiger partial charge in [-0.15, -0.1) is 0 Å². The minimum absolute atomic E-state index is 0.0289. The van der Waals surface area contributed by atoms with Crippen LogP contribution in [0.3, 0.4) is 0 Å². The molecule has 80 valence electrons. The standard InChI is InChI=1S/C8H14N2O4/c1-7(5(11)12)4-8(2,6(13)14)10(3)9-7/h9H,4H2,1-3H3,(H,11,12)(H,13,14)/t7-,8+/m0/s1. The summed E-state index contributed by atoms with van der Waals surface area (Å²) in [6, 6.07) is 0. The van der Waals surface area contributed by atoms with Gasteiger partial charge in [0.2, 0.25) is 0 Å². The average Bonchev–Trinajstić information content (AvgIpc) is 2.25. The highest BCUT2D eigenvalue weighted by Gasteiger charge is 2.54. The van der Waals surface area contributed by atoms with E-state index < -0.39 is 23.0 Å². The fourth-order valence-electron chi connectivity index (χ4n) is 1.68. The number of hydrazine groups is 1. The molecule has 3 N–H and O–H groups in total. The number of likely N-dealkylation sites (N-methyl/N-ethyl adjacent to an activating group) is 1. The monoisotopic (exact) mass is 202 g/mol. The van der Waals surface area contributed by atoms with Crippen LogP contribution in [-0.4, -0.2) is 45.3 Å². The fraction of sp³-hybridized carbons (Fsp3) is 0.750. The summed E-state index contributed by atoms with van der Waals surface area (Å²) in [7, 11) is 1.53. The molecule has 0 saturated carbocycles. The van der Waals surface area contributed by atoms with Gasteiger partial charge >= 0.3 is 11.9 Å². The van der Waals surface area contributed by atoms with Crippen LogP contribution >= 0.6 is 0 Å². The van der Waals surface area contributed by atoms with Gasteiger partial charge in [0, 0.05) is 13.5 Å². The Kier molecular flexibility index (Phi) is 2.29. The number of hydrogen-bond acceptors (Lipinski definition) is 4. The molecular formula is C8H14N2O4. The van der Waals surface area contributed by atoms with Crippen LogP contribution in [0, 0.1) is 0 Å². The Morgan fingerprint density at radius 3 is 2.00 bits per heavy atom. The Balaban J connectivity index is 2.99. The molecule has 1 saturated heterocycles. The van der Waals surface area contributed by atoms with E-state index in [2.05, 4.69) is 5.43 Å². The maximum absolute atomic E-state index is 11.0. The van der Waals surface area contributed by atoms with E-state index in [0.29, 0.717) is 0 Å². The highest BCUT2D eigenvalue weighted by molar-refractivity contribution is 5.84. The van der Waals surface area contributed by atoms with E-state index in [9.17, 15) is 9.59 Å². The van der Waals surface area contributed by atoms with E-state index in [-0.39, 0.29) is 6.42 Å². The van der Waals surface area contributed by atoms with Crippen LogP contribution in [-0.2, 0) is 9.59 Å². The third-order valence-electron chi connectivity index (χ3n) is 2.79. The minimum Gasteiger partial charge on any atom is -0.480 e. The van der Waals surface area contributed by atoms with Crippen LogP contribution in [0.4, 0.5) is 0 Å². The topological polar surface area (TPSA) is 89.9 Å². The van der Waals surface area contributed by atoms with Crippen molar-refractivity contribution in [3.05, 3.63) is 0 Å². The maximum Gasteiger partial charge on any atom is 0.325 e. The summed E-state index contributed by atoms with van der Waals surface area (Å²) < 4.78 is 0. The third-order valence-corrected chi connectivity index (χ3v) is 2.79. The molecule has 6 heteroatoms. The zero-order valence-electron chi connectivity index (χ0n) is 8.37. The second-order valence-electron chi connectivity index (χ2n) is 4.06. The molecule has 0 amide bonds. The first-order valence-corrected chi connectivity index (χ1v) is 4.21. The van der Waals surface area contributed by atoms with Crippen molar-refractivity contribution in [3.63, 3.8) is 0 Å². The summed E-state index contributed by atoms with van der Waals surface area (Å²) in [5.74, 6) is -2.08. The van der Waals surface area contributed by atoms with Gasteiger partial charge in [0.05, 0.1) is 0 Å². The van der Waals surface area contributed by atoms with Gasteiger partial charge in [-0.3, -0.25) is 9.59 Å². The van der Waals surface area contributed by atoms with Gasteiger partial charge in [0.1, 0.15) is 11.1 Å². The van der Waals surface area contributed by atoms with E-state index in [1.165, 1.54) is 25.9 Å². The molecule has 1 aliphatic rings. The quantitative estimate of drug-likeness (QED) is 0.560. The van der Waals surface area contributed by atoms with Crippen LogP contribution in [0.15, 0.2) is 0 Å². The second kappa shape index (κ2) is 2.93. The van der Waals surface area contributed by atoms with Crippen molar-refractivity contribution in [1.82, 2.24) is 10.4 Å². The van der Waals surface area contributed by atoms with Crippen molar-refractivity contribution in [3.8, 4) is 0 Å². The van der Waals surface area contributed by atoms with E-state index >= 15 is 0 Å². The Morgan fingerprint density at radius 1 is 1.29 bits per heavy atom. The zero-order chi connectivity index (χ0) is 11.1. The fourth-order valence-corrected chi connectivity index (χ4v) is 1.68.